The topological polar surface area (TPSA) is 114 Å². The van der Waals surface area contributed by atoms with Gasteiger partial charge in [0.1, 0.15) is 11.9 Å². The molecule has 1 aromatic carbocycles. The maximum Gasteiger partial charge on any atom is 0.263 e. The first-order valence-electron chi connectivity index (χ1n) is 9.66. The van der Waals surface area contributed by atoms with Crippen molar-refractivity contribution < 1.29 is 13.2 Å². The minimum Gasteiger partial charge on any atom is -0.351 e. The van der Waals surface area contributed by atoms with Crippen LogP contribution in [0.4, 0.5) is 0 Å². The molecule has 27 heavy (non-hydrogen) atoms. The number of carbonyl (C=O) groups is 1. The summed E-state index contributed by atoms with van der Waals surface area (Å²) < 4.78 is 27.1. The van der Waals surface area contributed by atoms with Crippen LogP contribution in [0.1, 0.15) is 51.0 Å². The van der Waals surface area contributed by atoms with Gasteiger partial charge in [0, 0.05) is 11.6 Å². The number of rotatable bonds is 7. The third-order valence-corrected chi connectivity index (χ3v) is 6.77. The zero-order valence-electron chi connectivity index (χ0n) is 15.6. The van der Waals surface area contributed by atoms with Gasteiger partial charge in [0.05, 0.1) is 4.90 Å². The number of benzene rings is 1. The Kier molecular flexibility index (Phi) is 6.16. The normalized spacial score (nSPS) is 25.8. The number of aliphatic imine (C=N–C) groups is 1. The van der Waals surface area contributed by atoms with Crippen LogP contribution in [0.2, 0.25) is 0 Å². The fourth-order valence-corrected chi connectivity index (χ4v) is 5.06. The molecule has 8 heteroatoms. The van der Waals surface area contributed by atoms with Gasteiger partial charge in [-0.2, -0.15) is 0 Å². The van der Waals surface area contributed by atoms with Gasteiger partial charge in [-0.15, -0.1) is 0 Å². The van der Waals surface area contributed by atoms with Gasteiger partial charge in [-0.3, -0.25) is 14.5 Å². The molecule has 1 fully saturated rings. The molecule has 1 saturated carbocycles. The Hall–Kier alpha value is -1.93. The minimum atomic E-state index is -3.61. The van der Waals surface area contributed by atoms with Crippen LogP contribution in [0.3, 0.4) is 0 Å². The van der Waals surface area contributed by atoms with Crippen molar-refractivity contribution in [2.45, 2.75) is 62.4 Å². The maximum atomic E-state index is 12.9. The molecule has 1 aliphatic heterocycles. The van der Waals surface area contributed by atoms with Gasteiger partial charge in [-0.1, -0.05) is 38.3 Å². The number of hydrogen-bond acceptors (Lipinski definition) is 5. The molecular weight excluding hydrogens is 364 g/mol. The monoisotopic (exact) mass is 392 g/mol. The Labute approximate surface area is 160 Å². The molecule has 4 N–H and O–H groups in total. The lowest BCUT2D eigenvalue weighted by molar-refractivity contribution is -0.123. The van der Waals surface area contributed by atoms with Crippen LogP contribution >= 0.6 is 0 Å². The highest BCUT2D eigenvalue weighted by Gasteiger charge is 2.33. The van der Waals surface area contributed by atoms with Gasteiger partial charge in [0.25, 0.3) is 10.0 Å². The summed E-state index contributed by atoms with van der Waals surface area (Å²) >= 11 is 0. The van der Waals surface area contributed by atoms with E-state index >= 15 is 0 Å². The number of amidine groups is 1. The molecule has 1 heterocycles. The molecule has 1 amide bonds. The van der Waals surface area contributed by atoms with Gasteiger partial charge < -0.3 is 11.1 Å². The second kappa shape index (κ2) is 8.39. The van der Waals surface area contributed by atoms with Crippen molar-refractivity contribution in [1.29, 1.82) is 0 Å². The summed E-state index contributed by atoms with van der Waals surface area (Å²) in [6.45, 7) is 2.61. The molecular formula is C19H28N4O3S. The number of carbonyl (C=O) groups excluding carboxylic acids is 1. The lowest BCUT2D eigenvalue weighted by atomic mass is 10.0. The molecule has 3 unspecified atom stereocenters. The first-order valence-corrected chi connectivity index (χ1v) is 11.1. The van der Waals surface area contributed by atoms with Crippen LogP contribution in [0.15, 0.2) is 34.2 Å². The minimum absolute atomic E-state index is 0.0828. The van der Waals surface area contributed by atoms with Crippen molar-refractivity contribution in [3.8, 4) is 0 Å². The van der Waals surface area contributed by atoms with E-state index in [2.05, 4.69) is 22.0 Å². The van der Waals surface area contributed by atoms with Crippen molar-refractivity contribution in [1.82, 2.24) is 10.0 Å². The van der Waals surface area contributed by atoms with Crippen LogP contribution in [0.25, 0.3) is 0 Å². The summed E-state index contributed by atoms with van der Waals surface area (Å²) in [5, 5.41) is 3.10. The first kappa shape index (κ1) is 19.8. The fraction of sp³-hybridized carbons (Fsp3) is 0.579. The standard InChI is InChI=1S/C19H28N4O3S/c1-2-3-9-16(19(24)22-15-10-6-7-13(15)12-20)21-18-14-8-4-5-11-17(14)27(25,26)23-18/h4-5,8,11,13,15-16H,2-3,6-7,9-10,12,20H2,1H3,(H,21,23)(H,22,24). The summed E-state index contributed by atoms with van der Waals surface area (Å²) in [6.07, 6.45) is 5.38. The summed E-state index contributed by atoms with van der Waals surface area (Å²) in [6, 6.07) is 6.16. The third kappa shape index (κ3) is 4.32. The largest absolute Gasteiger partial charge is 0.351 e. The molecule has 0 saturated heterocycles. The van der Waals surface area contributed by atoms with Gasteiger partial charge in [-0.25, -0.2) is 8.42 Å². The Morgan fingerprint density at radius 1 is 1.37 bits per heavy atom. The molecule has 0 aromatic heterocycles. The zero-order valence-corrected chi connectivity index (χ0v) is 16.5. The number of unbranched alkanes of at least 4 members (excludes halogenated alkanes) is 1. The lowest BCUT2D eigenvalue weighted by Gasteiger charge is -2.22. The number of nitrogens with two attached hydrogens (primary N) is 1. The smallest absolute Gasteiger partial charge is 0.263 e. The van der Waals surface area contributed by atoms with E-state index in [1.54, 1.807) is 24.3 Å². The van der Waals surface area contributed by atoms with E-state index in [1.165, 1.54) is 0 Å². The van der Waals surface area contributed by atoms with Gasteiger partial charge in [0.2, 0.25) is 5.91 Å². The van der Waals surface area contributed by atoms with Crippen molar-refractivity contribution >= 4 is 21.8 Å². The van der Waals surface area contributed by atoms with Crippen LogP contribution in [-0.4, -0.2) is 38.8 Å². The highest BCUT2D eigenvalue weighted by molar-refractivity contribution is 7.90. The number of fused-ring (bicyclic) bond motifs is 1. The molecule has 0 bridgehead atoms. The molecule has 7 nitrogen and oxygen atoms in total. The third-order valence-electron chi connectivity index (χ3n) is 5.37. The molecule has 1 aromatic rings. The molecule has 3 rings (SSSR count). The average Bonchev–Trinajstić information content (AvgIpc) is 3.20. The fourth-order valence-electron chi connectivity index (χ4n) is 3.83. The SMILES string of the molecule is CCCCC(N=C1NS(=O)(=O)c2ccccc21)C(=O)NC1CCCC1CN. The molecule has 1 aliphatic carbocycles. The van der Waals surface area contributed by atoms with E-state index in [0.717, 1.165) is 32.1 Å². The molecule has 0 spiro atoms. The average molecular weight is 393 g/mol. The Morgan fingerprint density at radius 3 is 2.89 bits per heavy atom. The number of amides is 1. The summed E-state index contributed by atoms with van der Waals surface area (Å²) in [5.74, 6) is 0.410. The molecule has 2 aliphatic rings. The van der Waals surface area contributed by atoms with Crippen molar-refractivity contribution in [3.63, 3.8) is 0 Å². The van der Waals surface area contributed by atoms with Gasteiger partial charge in [0.15, 0.2) is 0 Å². The van der Waals surface area contributed by atoms with E-state index < -0.39 is 16.1 Å². The predicted octanol–water partition coefficient (Wildman–Crippen LogP) is 1.53. The van der Waals surface area contributed by atoms with Crippen LogP contribution < -0.4 is 15.8 Å². The van der Waals surface area contributed by atoms with Gasteiger partial charge in [-0.05, 0) is 43.9 Å². The van der Waals surface area contributed by atoms with E-state index in [0.29, 0.717) is 24.4 Å². The van der Waals surface area contributed by atoms with Crippen molar-refractivity contribution in [3.05, 3.63) is 29.8 Å². The first-order chi connectivity index (χ1) is 13.0. The number of nitrogens with one attached hydrogen (secondary N) is 2. The second-order valence-electron chi connectivity index (χ2n) is 7.28. The molecule has 148 valence electrons. The summed E-state index contributed by atoms with van der Waals surface area (Å²) in [7, 11) is -3.61. The van der Waals surface area contributed by atoms with Crippen molar-refractivity contribution in [2.24, 2.45) is 16.6 Å². The Bertz CT molecular complexity index is 822. The van der Waals surface area contributed by atoms with E-state index in [-0.39, 0.29) is 22.7 Å². The Balaban J connectivity index is 1.83. The Morgan fingerprint density at radius 2 is 2.15 bits per heavy atom. The number of hydrogen-bond donors (Lipinski definition) is 3. The highest BCUT2D eigenvalue weighted by atomic mass is 32.2. The molecule has 0 radical (unpaired) electrons. The highest BCUT2D eigenvalue weighted by Crippen LogP contribution is 2.26. The van der Waals surface area contributed by atoms with Gasteiger partial charge >= 0.3 is 0 Å². The van der Waals surface area contributed by atoms with Crippen LogP contribution in [0.5, 0.6) is 0 Å². The predicted molar refractivity (Wildman–Crippen MR) is 105 cm³/mol. The lowest BCUT2D eigenvalue weighted by Crippen LogP contribution is -2.44. The second-order valence-corrected chi connectivity index (χ2v) is 8.93. The maximum absolute atomic E-state index is 12.9. The zero-order chi connectivity index (χ0) is 19.4. The quantitative estimate of drug-likeness (QED) is 0.653. The van der Waals surface area contributed by atoms with E-state index in [9.17, 15) is 13.2 Å². The summed E-state index contributed by atoms with van der Waals surface area (Å²) in [4.78, 5) is 17.6. The van der Waals surface area contributed by atoms with Crippen LogP contribution in [-0.2, 0) is 14.8 Å². The van der Waals surface area contributed by atoms with E-state index in [1.807, 2.05) is 0 Å². The number of sulfonamides is 1. The van der Waals surface area contributed by atoms with Crippen LogP contribution in [0, 0.1) is 5.92 Å². The van der Waals surface area contributed by atoms with E-state index in [4.69, 9.17) is 5.73 Å². The molecule has 3 atom stereocenters. The number of nitrogens with zero attached hydrogens (tertiary/aromatic N) is 1. The van der Waals surface area contributed by atoms with Crippen molar-refractivity contribution in [2.75, 3.05) is 6.54 Å². The summed E-state index contributed by atoms with van der Waals surface area (Å²) in [5.41, 5.74) is 6.34.